The highest BCUT2D eigenvalue weighted by Gasteiger charge is 2.23. The summed E-state index contributed by atoms with van der Waals surface area (Å²) >= 11 is 0. The zero-order valence-electron chi connectivity index (χ0n) is 12.4. The van der Waals surface area contributed by atoms with Crippen LogP contribution in [0.25, 0.3) is 0 Å². The molecule has 0 saturated carbocycles. The Hall–Kier alpha value is -1.54. The second-order valence-electron chi connectivity index (χ2n) is 5.05. The Morgan fingerprint density at radius 3 is 2.57 bits per heavy atom. The second kappa shape index (κ2) is 9.41. The number of nitrogens with one attached hydrogen (secondary N) is 2. The first-order valence-electron chi connectivity index (χ1n) is 7.32. The molecule has 1 saturated heterocycles. The molecule has 1 aliphatic rings. The number of ether oxygens (including phenoxy) is 1. The van der Waals surface area contributed by atoms with Crippen LogP contribution in [0.15, 0.2) is 0 Å². The number of unbranched alkanes of at least 4 members (excludes halogenated alkanes) is 1. The molecular weight excluding hydrogens is 278 g/mol. The maximum atomic E-state index is 11.9. The van der Waals surface area contributed by atoms with Crippen LogP contribution in [0.2, 0.25) is 0 Å². The molecule has 4 N–H and O–H groups in total. The first-order valence-corrected chi connectivity index (χ1v) is 7.32. The van der Waals surface area contributed by atoms with Crippen molar-refractivity contribution >= 4 is 12.1 Å². The number of hydrogen-bond donors (Lipinski definition) is 4. The van der Waals surface area contributed by atoms with E-state index in [0.29, 0.717) is 32.7 Å². The molecule has 0 aromatic rings. The van der Waals surface area contributed by atoms with Crippen molar-refractivity contribution in [3.8, 4) is 0 Å². The van der Waals surface area contributed by atoms with Gasteiger partial charge in [-0.1, -0.05) is 19.8 Å². The van der Waals surface area contributed by atoms with Crippen molar-refractivity contribution in [3.63, 3.8) is 0 Å². The summed E-state index contributed by atoms with van der Waals surface area (Å²) in [6.07, 6.45) is 0.133. The summed E-state index contributed by atoms with van der Waals surface area (Å²) in [4.78, 5) is 24.2. The van der Waals surface area contributed by atoms with Crippen LogP contribution in [0, 0.1) is 0 Å². The summed E-state index contributed by atoms with van der Waals surface area (Å²) in [5, 5.41) is 23.8. The minimum atomic E-state index is -1.17. The predicted octanol–water partition coefficient (Wildman–Crippen LogP) is 0.216. The Balaban J connectivity index is 2.38. The summed E-state index contributed by atoms with van der Waals surface area (Å²) in [6, 6.07) is -0.839. The van der Waals surface area contributed by atoms with Crippen LogP contribution in [0.1, 0.15) is 26.2 Å². The van der Waals surface area contributed by atoms with Gasteiger partial charge in [0.15, 0.2) is 0 Å². The van der Waals surface area contributed by atoms with E-state index in [0.717, 1.165) is 12.8 Å². The maximum absolute atomic E-state index is 11.9. The molecule has 1 fully saturated rings. The van der Waals surface area contributed by atoms with E-state index in [-0.39, 0.29) is 12.6 Å². The van der Waals surface area contributed by atoms with Crippen molar-refractivity contribution in [2.24, 2.45) is 0 Å². The third-order valence-corrected chi connectivity index (χ3v) is 3.40. The zero-order valence-corrected chi connectivity index (χ0v) is 12.4. The van der Waals surface area contributed by atoms with E-state index in [9.17, 15) is 14.7 Å². The van der Waals surface area contributed by atoms with Gasteiger partial charge in [-0.25, -0.2) is 9.59 Å². The molecule has 0 spiro atoms. The minimum absolute atomic E-state index is 0.0187. The smallest absolute Gasteiger partial charge is 0.404 e. The maximum Gasteiger partial charge on any atom is 0.404 e. The molecule has 0 unspecified atom stereocenters. The Bertz CT molecular complexity index is 334. The predicted molar refractivity (Wildman–Crippen MR) is 76.3 cm³/mol. The number of amides is 3. The van der Waals surface area contributed by atoms with E-state index >= 15 is 0 Å². The largest absolute Gasteiger partial charge is 0.465 e. The number of nitrogens with zero attached hydrogens (tertiary/aromatic N) is 1. The SMILES string of the molecule is CCCC[C@H](NC(=O)O)[C@H](O)CNC(=O)N1CCOCC1. The van der Waals surface area contributed by atoms with Gasteiger partial charge >= 0.3 is 12.1 Å². The molecule has 0 radical (unpaired) electrons. The van der Waals surface area contributed by atoms with Gasteiger partial charge in [0.1, 0.15) is 0 Å². The number of hydrogen-bond acceptors (Lipinski definition) is 4. The van der Waals surface area contributed by atoms with E-state index in [2.05, 4.69) is 10.6 Å². The van der Waals surface area contributed by atoms with Gasteiger partial charge in [0, 0.05) is 19.6 Å². The Kier molecular flexibility index (Phi) is 7.84. The third kappa shape index (κ3) is 6.63. The molecule has 0 aliphatic carbocycles. The van der Waals surface area contributed by atoms with Crippen molar-refractivity contribution in [2.45, 2.75) is 38.3 Å². The lowest BCUT2D eigenvalue weighted by Crippen LogP contribution is -2.51. The van der Waals surface area contributed by atoms with Gasteiger partial charge in [-0.15, -0.1) is 0 Å². The van der Waals surface area contributed by atoms with Crippen molar-refractivity contribution in [3.05, 3.63) is 0 Å². The van der Waals surface area contributed by atoms with Crippen molar-refractivity contribution < 1.29 is 24.5 Å². The van der Waals surface area contributed by atoms with E-state index in [1.165, 1.54) is 0 Å². The lowest BCUT2D eigenvalue weighted by Gasteiger charge is -2.28. The van der Waals surface area contributed by atoms with Crippen LogP contribution < -0.4 is 10.6 Å². The molecule has 3 amide bonds. The van der Waals surface area contributed by atoms with Crippen molar-refractivity contribution in [1.82, 2.24) is 15.5 Å². The van der Waals surface area contributed by atoms with Gasteiger partial charge in [0.2, 0.25) is 0 Å². The molecule has 8 heteroatoms. The summed E-state index contributed by atoms with van der Waals surface area (Å²) in [5.41, 5.74) is 0. The number of morpholine rings is 1. The lowest BCUT2D eigenvalue weighted by molar-refractivity contribution is 0.0513. The molecule has 8 nitrogen and oxygen atoms in total. The molecule has 1 aliphatic heterocycles. The molecule has 0 bridgehead atoms. The molecule has 122 valence electrons. The van der Waals surface area contributed by atoms with Crippen molar-refractivity contribution in [1.29, 1.82) is 0 Å². The quantitative estimate of drug-likeness (QED) is 0.537. The standard InChI is InChI=1S/C13H25N3O5/c1-2-3-4-10(15-13(19)20)11(17)9-14-12(18)16-5-7-21-8-6-16/h10-11,15,17H,2-9H2,1H3,(H,14,18)(H,19,20)/t10-,11+/m0/s1. The van der Waals surface area contributed by atoms with Gasteiger partial charge in [-0.2, -0.15) is 0 Å². The molecule has 1 rings (SSSR count). The fraction of sp³-hybridized carbons (Fsp3) is 0.846. The third-order valence-electron chi connectivity index (χ3n) is 3.40. The zero-order chi connectivity index (χ0) is 15.7. The first kappa shape index (κ1) is 17.5. The van der Waals surface area contributed by atoms with Crippen LogP contribution in [0.4, 0.5) is 9.59 Å². The number of urea groups is 1. The van der Waals surface area contributed by atoms with E-state index in [4.69, 9.17) is 9.84 Å². The first-order chi connectivity index (χ1) is 10.0. The summed E-state index contributed by atoms with van der Waals surface area (Å²) in [6.45, 7) is 4.07. The molecular formula is C13H25N3O5. The number of aliphatic hydroxyl groups is 1. The van der Waals surface area contributed by atoms with Crippen LogP contribution in [0.5, 0.6) is 0 Å². The number of rotatable bonds is 7. The molecule has 1 heterocycles. The van der Waals surface area contributed by atoms with Crippen molar-refractivity contribution in [2.75, 3.05) is 32.8 Å². The molecule has 2 atom stereocenters. The fourth-order valence-electron chi connectivity index (χ4n) is 2.16. The van der Waals surface area contributed by atoms with Gasteiger partial charge in [-0.05, 0) is 6.42 Å². The van der Waals surface area contributed by atoms with Gasteiger partial charge in [0.25, 0.3) is 0 Å². The molecule has 21 heavy (non-hydrogen) atoms. The second-order valence-corrected chi connectivity index (χ2v) is 5.05. The number of carbonyl (C=O) groups is 2. The highest BCUT2D eigenvalue weighted by atomic mass is 16.5. The summed E-state index contributed by atoms with van der Waals surface area (Å²) in [7, 11) is 0. The summed E-state index contributed by atoms with van der Waals surface area (Å²) < 4.78 is 5.16. The monoisotopic (exact) mass is 303 g/mol. The normalized spacial score (nSPS) is 17.9. The van der Waals surface area contributed by atoms with Crippen LogP contribution >= 0.6 is 0 Å². The Morgan fingerprint density at radius 1 is 1.33 bits per heavy atom. The Morgan fingerprint density at radius 2 is 2.00 bits per heavy atom. The van der Waals surface area contributed by atoms with E-state index < -0.39 is 18.2 Å². The van der Waals surface area contributed by atoms with E-state index in [1.54, 1.807) is 4.90 Å². The minimum Gasteiger partial charge on any atom is -0.465 e. The van der Waals surface area contributed by atoms with E-state index in [1.807, 2.05) is 6.92 Å². The molecule has 0 aromatic carbocycles. The average Bonchev–Trinajstić information content (AvgIpc) is 2.49. The highest BCUT2D eigenvalue weighted by molar-refractivity contribution is 5.74. The van der Waals surface area contributed by atoms with Gasteiger partial charge in [-0.3, -0.25) is 0 Å². The topological polar surface area (TPSA) is 111 Å². The van der Waals surface area contributed by atoms with Crippen LogP contribution in [0.3, 0.4) is 0 Å². The van der Waals surface area contributed by atoms with Crippen LogP contribution in [-0.4, -0.2) is 72.2 Å². The van der Waals surface area contributed by atoms with Gasteiger partial charge in [0.05, 0.1) is 25.4 Å². The number of carboxylic acid groups (broad SMARTS) is 1. The Labute approximate surface area is 124 Å². The molecule has 0 aromatic heterocycles. The lowest BCUT2D eigenvalue weighted by atomic mass is 10.0. The highest BCUT2D eigenvalue weighted by Crippen LogP contribution is 2.05. The fourth-order valence-corrected chi connectivity index (χ4v) is 2.16. The van der Waals surface area contributed by atoms with Gasteiger partial charge < -0.3 is 30.5 Å². The average molecular weight is 303 g/mol. The van der Waals surface area contributed by atoms with Crippen LogP contribution in [-0.2, 0) is 4.74 Å². The number of carbonyl (C=O) groups excluding carboxylic acids is 1. The number of aliphatic hydroxyl groups excluding tert-OH is 1. The summed E-state index contributed by atoms with van der Waals surface area (Å²) in [5.74, 6) is 0.